The van der Waals surface area contributed by atoms with Gasteiger partial charge in [0.2, 0.25) is 0 Å². The topological polar surface area (TPSA) is 49.8 Å². The standard InChI is InChI=1S/C11H23NO3/c1-5-10(6-2)12(7-8-13)11(14)9(3)15-4/h9-10,13H,5-8H2,1-4H3. The molecule has 0 saturated heterocycles. The van der Waals surface area contributed by atoms with Gasteiger partial charge in [0.15, 0.2) is 0 Å². The Labute approximate surface area is 92.2 Å². The Balaban J connectivity index is 4.55. The molecule has 1 atom stereocenters. The van der Waals surface area contributed by atoms with E-state index in [-0.39, 0.29) is 18.6 Å². The van der Waals surface area contributed by atoms with Crippen molar-refractivity contribution in [2.45, 2.75) is 45.8 Å². The van der Waals surface area contributed by atoms with Crippen molar-refractivity contribution in [1.29, 1.82) is 0 Å². The second-order valence-electron chi connectivity index (χ2n) is 3.60. The first-order chi connectivity index (χ1) is 7.12. The van der Waals surface area contributed by atoms with Crippen LogP contribution in [-0.2, 0) is 9.53 Å². The van der Waals surface area contributed by atoms with Gasteiger partial charge in [0.1, 0.15) is 6.10 Å². The van der Waals surface area contributed by atoms with Gasteiger partial charge in [0.25, 0.3) is 5.91 Å². The number of hydrogen-bond acceptors (Lipinski definition) is 3. The predicted molar refractivity (Wildman–Crippen MR) is 59.6 cm³/mol. The second kappa shape index (κ2) is 7.65. The van der Waals surface area contributed by atoms with Gasteiger partial charge in [0, 0.05) is 19.7 Å². The van der Waals surface area contributed by atoms with E-state index in [9.17, 15) is 4.79 Å². The van der Waals surface area contributed by atoms with Gasteiger partial charge in [-0.3, -0.25) is 4.79 Å². The highest BCUT2D eigenvalue weighted by Crippen LogP contribution is 2.10. The number of aliphatic hydroxyl groups excluding tert-OH is 1. The second-order valence-corrected chi connectivity index (χ2v) is 3.60. The molecule has 0 fully saturated rings. The molecule has 1 N–H and O–H groups in total. The van der Waals surface area contributed by atoms with Gasteiger partial charge in [-0.2, -0.15) is 0 Å². The van der Waals surface area contributed by atoms with Crippen LogP contribution in [0.25, 0.3) is 0 Å². The number of ether oxygens (including phenoxy) is 1. The summed E-state index contributed by atoms with van der Waals surface area (Å²) >= 11 is 0. The van der Waals surface area contributed by atoms with E-state index in [1.165, 1.54) is 7.11 Å². The monoisotopic (exact) mass is 217 g/mol. The molecule has 0 aromatic carbocycles. The number of rotatable bonds is 7. The van der Waals surface area contributed by atoms with Crippen LogP contribution in [0, 0.1) is 0 Å². The van der Waals surface area contributed by atoms with Gasteiger partial charge in [0.05, 0.1) is 6.61 Å². The third-order valence-corrected chi connectivity index (χ3v) is 2.71. The van der Waals surface area contributed by atoms with Crippen LogP contribution in [0.2, 0.25) is 0 Å². The zero-order valence-corrected chi connectivity index (χ0v) is 10.2. The number of hydrogen-bond donors (Lipinski definition) is 1. The molecule has 0 saturated carbocycles. The Morgan fingerprint density at radius 3 is 2.27 bits per heavy atom. The number of methoxy groups -OCH3 is 1. The minimum absolute atomic E-state index is 0.00132. The Bertz CT molecular complexity index is 181. The van der Waals surface area contributed by atoms with Crippen LogP contribution in [0.15, 0.2) is 0 Å². The fourth-order valence-corrected chi connectivity index (χ4v) is 1.64. The minimum Gasteiger partial charge on any atom is -0.395 e. The van der Waals surface area contributed by atoms with E-state index in [2.05, 4.69) is 0 Å². The molecule has 0 aliphatic heterocycles. The lowest BCUT2D eigenvalue weighted by atomic mass is 10.1. The third-order valence-electron chi connectivity index (χ3n) is 2.71. The molecule has 0 bridgehead atoms. The van der Waals surface area contributed by atoms with Crippen molar-refractivity contribution in [2.75, 3.05) is 20.3 Å². The SMILES string of the molecule is CCC(CC)N(CCO)C(=O)C(C)OC. The smallest absolute Gasteiger partial charge is 0.251 e. The third kappa shape index (κ3) is 4.18. The van der Waals surface area contributed by atoms with Crippen molar-refractivity contribution in [1.82, 2.24) is 4.90 Å². The van der Waals surface area contributed by atoms with Gasteiger partial charge < -0.3 is 14.7 Å². The Morgan fingerprint density at radius 2 is 1.93 bits per heavy atom. The van der Waals surface area contributed by atoms with Crippen LogP contribution >= 0.6 is 0 Å². The number of nitrogens with zero attached hydrogens (tertiary/aromatic N) is 1. The first-order valence-corrected chi connectivity index (χ1v) is 5.56. The minimum atomic E-state index is -0.433. The van der Waals surface area contributed by atoms with E-state index in [1.54, 1.807) is 11.8 Å². The molecule has 1 amide bonds. The van der Waals surface area contributed by atoms with Gasteiger partial charge in [-0.15, -0.1) is 0 Å². The summed E-state index contributed by atoms with van der Waals surface area (Å²) in [5.41, 5.74) is 0. The number of carbonyl (C=O) groups excluding carboxylic acids is 1. The quantitative estimate of drug-likeness (QED) is 0.693. The summed E-state index contributed by atoms with van der Waals surface area (Å²) in [7, 11) is 1.52. The Kier molecular flexibility index (Phi) is 7.34. The lowest BCUT2D eigenvalue weighted by molar-refractivity contribution is -0.144. The first kappa shape index (κ1) is 14.4. The highest BCUT2D eigenvalue weighted by atomic mass is 16.5. The van der Waals surface area contributed by atoms with E-state index in [0.29, 0.717) is 6.54 Å². The molecule has 0 radical (unpaired) electrons. The van der Waals surface area contributed by atoms with Crippen molar-refractivity contribution in [2.24, 2.45) is 0 Å². The summed E-state index contributed by atoms with van der Waals surface area (Å²) in [5.74, 6) is -0.0414. The predicted octanol–water partition coefficient (Wildman–Crippen LogP) is 1.03. The van der Waals surface area contributed by atoms with Crippen molar-refractivity contribution in [3.8, 4) is 0 Å². The van der Waals surface area contributed by atoms with Gasteiger partial charge in [-0.05, 0) is 19.8 Å². The van der Waals surface area contributed by atoms with E-state index >= 15 is 0 Å². The summed E-state index contributed by atoms with van der Waals surface area (Å²) in [5, 5.41) is 8.95. The molecule has 0 aliphatic carbocycles. The molecule has 0 aromatic rings. The van der Waals surface area contributed by atoms with Crippen molar-refractivity contribution in [3.05, 3.63) is 0 Å². The Morgan fingerprint density at radius 1 is 1.40 bits per heavy atom. The maximum Gasteiger partial charge on any atom is 0.251 e. The molecule has 90 valence electrons. The van der Waals surface area contributed by atoms with E-state index in [4.69, 9.17) is 9.84 Å². The highest BCUT2D eigenvalue weighted by Gasteiger charge is 2.24. The van der Waals surface area contributed by atoms with E-state index in [0.717, 1.165) is 12.8 Å². The summed E-state index contributed by atoms with van der Waals surface area (Å²) in [6.07, 6.45) is 1.37. The van der Waals surface area contributed by atoms with Gasteiger partial charge in [-0.1, -0.05) is 13.8 Å². The van der Waals surface area contributed by atoms with E-state index in [1.807, 2.05) is 13.8 Å². The van der Waals surface area contributed by atoms with Gasteiger partial charge >= 0.3 is 0 Å². The van der Waals surface area contributed by atoms with E-state index < -0.39 is 6.10 Å². The highest BCUT2D eigenvalue weighted by molar-refractivity contribution is 5.80. The van der Waals surface area contributed by atoms with Crippen molar-refractivity contribution < 1.29 is 14.6 Å². The molecule has 0 heterocycles. The maximum absolute atomic E-state index is 11.9. The molecule has 0 aliphatic rings. The van der Waals surface area contributed by atoms with Crippen LogP contribution in [-0.4, -0.2) is 48.3 Å². The average Bonchev–Trinajstić information content (AvgIpc) is 2.27. The summed E-state index contributed by atoms with van der Waals surface area (Å²) in [4.78, 5) is 13.6. The zero-order chi connectivity index (χ0) is 11.8. The summed E-state index contributed by atoms with van der Waals surface area (Å²) in [6, 6.07) is 0.197. The van der Waals surface area contributed by atoms with Crippen LogP contribution in [0.5, 0.6) is 0 Å². The molecule has 4 heteroatoms. The summed E-state index contributed by atoms with van der Waals surface area (Å²) in [6.45, 7) is 6.21. The fourth-order valence-electron chi connectivity index (χ4n) is 1.64. The molecule has 0 spiro atoms. The molecular formula is C11H23NO3. The first-order valence-electron chi connectivity index (χ1n) is 5.56. The van der Waals surface area contributed by atoms with Crippen molar-refractivity contribution >= 4 is 5.91 Å². The van der Waals surface area contributed by atoms with Gasteiger partial charge in [-0.25, -0.2) is 0 Å². The molecule has 15 heavy (non-hydrogen) atoms. The average molecular weight is 217 g/mol. The molecular weight excluding hydrogens is 194 g/mol. The number of aliphatic hydroxyl groups is 1. The van der Waals surface area contributed by atoms with Crippen LogP contribution in [0.1, 0.15) is 33.6 Å². The van der Waals surface area contributed by atoms with Crippen LogP contribution in [0.4, 0.5) is 0 Å². The maximum atomic E-state index is 11.9. The Hall–Kier alpha value is -0.610. The largest absolute Gasteiger partial charge is 0.395 e. The lowest BCUT2D eigenvalue weighted by Gasteiger charge is -2.31. The van der Waals surface area contributed by atoms with Crippen molar-refractivity contribution in [3.63, 3.8) is 0 Å². The molecule has 4 nitrogen and oxygen atoms in total. The number of amides is 1. The van der Waals surface area contributed by atoms with Crippen LogP contribution < -0.4 is 0 Å². The lowest BCUT2D eigenvalue weighted by Crippen LogP contribution is -2.46. The normalized spacial score (nSPS) is 12.9. The zero-order valence-electron chi connectivity index (χ0n) is 10.2. The van der Waals surface area contributed by atoms with Crippen LogP contribution in [0.3, 0.4) is 0 Å². The molecule has 0 rings (SSSR count). The molecule has 1 unspecified atom stereocenters. The fraction of sp³-hybridized carbons (Fsp3) is 0.909. The summed E-state index contributed by atoms with van der Waals surface area (Å²) < 4.78 is 5.01. The number of carbonyl (C=O) groups is 1. The molecule has 0 aromatic heterocycles.